The zero-order chi connectivity index (χ0) is 17.6. The summed E-state index contributed by atoms with van der Waals surface area (Å²) in [5.41, 5.74) is 0. The predicted octanol–water partition coefficient (Wildman–Crippen LogP) is 2.23. The summed E-state index contributed by atoms with van der Waals surface area (Å²) in [6.45, 7) is -0.239. The van der Waals surface area contributed by atoms with Gasteiger partial charge in [-0.05, 0) is 49.1 Å². The van der Waals surface area contributed by atoms with Crippen molar-refractivity contribution in [2.75, 3.05) is 6.61 Å². The van der Waals surface area contributed by atoms with Gasteiger partial charge in [0.05, 0.1) is 0 Å². The van der Waals surface area contributed by atoms with Gasteiger partial charge < -0.3 is 19.9 Å². The van der Waals surface area contributed by atoms with E-state index < -0.39 is 17.9 Å². The Morgan fingerprint density at radius 3 is 2.48 bits per heavy atom. The fraction of sp³-hybridized carbons (Fsp3) is 0.278. The van der Waals surface area contributed by atoms with Crippen molar-refractivity contribution in [2.45, 2.75) is 18.9 Å². The summed E-state index contributed by atoms with van der Waals surface area (Å²) in [6, 6.07) is 11.3. The van der Waals surface area contributed by atoms with Crippen LogP contribution in [0.5, 0.6) is 17.4 Å². The molecule has 1 amide bonds. The molecule has 1 heterocycles. The number of aromatic nitrogens is 1. The van der Waals surface area contributed by atoms with Crippen LogP contribution in [0.2, 0.25) is 0 Å². The maximum absolute atomic E-state index is 11.8. The normalized spacial score (nSPS) is 14.4. The quantitative estimate of drug-likeness (QED) is 0.763. The third kappa shape index (κ3) is 4.94. The van der Waals surface area contributed by atoms with Crippen molar-refractivity contribution in [1.29, 1.82) is 0 Å². The Morgan fingerprint density at radius 2 is 1.88 bits per heavy atom. The van der Waals surface area contributed by atoms with Crippen molar-refractivity contribution in [3.63, 3.8) is 0 Å². The number of nitrogens with one attached hydrogen (secondary N) is 1. The fourth-order valence-corrected chi connectivity index (χ4v) is 2.31. The number of rotatable bonds is 8. The van der Waals surface area contributed by atoms with Crippen LogP contribution in [0, 0.1) is 5.92 Å². The Balaban J connectivity index is 1.48. The van der Waals surface area contributed by atoms with E-state index >= 15 is 0 Å². The number of aliphatic carboxylic acids is 1. The Kier molecular flexibility index (Phi) is 5.13. The number of hydrogen-bond acceptors (Lipinski definition) is 5. The standard InChI is InChI=1S/C18H18N2O5/c21-15(20-17(18(22)23)12-4-5-12)11-24-13-6-8-14(9-7-13)25-16-3-1-2-10-19-16/h1-3,6-10,12,17H,4-5,11H2,(H,20,21)(H,22,23). The van der Waals surface area contributed by atoms with E-state index in [1.807, 2.05) is 6.07 Å². The number of amides is 1. The summed E-state index contributed by atoms with van der Waals surface area (Å²) in [7, 11) is 0. The molecule has 0 radical (unpaired) electrons. The lowest BCUT2D eigenvalue weighted by Crippen LogP contribution is -2.44. The Labute approximate surface area is 144 Å². The number of carboxylic acids is 1. The summed E-state index contributed by atoms with van der Waals surface area (Å²) in [4.78, 5) is 27.0. The first kappa shape index (κ1) is 16.8. The first-order chi connectivity index (χ1) is 12.1. The molecule has 7 nitrogen and oxygen atoms in total. The molecule has 1 aromatic carbocycles. The summed E-state index contributed by atoms with van der Waals surface area (Å²) in [5.74, 6) is 0.136. The van der Waals surface area contributed by atoms with Crippen molar-refractivity contribution in [3.05, 3.63) is 48.7 Å². The van der Waals surface area contributed by atoms with Gasteiger partial charge in [0.25, 0.3) is 5.91 Å². The van der Waals surface area contributed by atoms with Gasteiger partial charge in [-0.1, -0.05) is 6.07 Å². The van der Waals surface area contributed by atoms with Crippen LogP contribution in [0.3, 0.4) is 0 Å². The van der Waals surface area contributed by atoms with Gasteiger partial charge in [0, 0.05) is 12.3 Å². The molecule has 1 aromatic heterocycles. The van der Waals surface area contributed by atoms with E-state index in [4.69, 9.17) is 14.6 Å². The average molecular weight is 342 g/mol. The molecule has 0 bridgehead atoms. The highest BCUT2D eigenvalue weighted by atomic mass is 16.5. The number of nitrogens with zero attached hydrogens (tertiary/aromatic N) is 1. The SMILES string of the molecule is O=C(COc1ccc(Oc2ccccn2)cc1)NC(C(=O)O)C1CC1. The fourth-order valence-electron chi connectivity index (χ4n) is 2.31. The smallest absolute Gasteiger partial charge is 0.326 e. The summed E-state index contributed by atoms with van der Waals surface area (Å²) in [6.07, 6.45) is 3.29. The molecule has 130 valence electrons. The summed E-state index contributed by atoms with van der Waals surface area (Å²) >= 11 is 0. The van der Waals surface area contributed by atoms with Crippen LogP contribution in [0.25, 0.3) is 0 Å². The number of carboxylic acid groups (broad SMARTS) is 1. The van der Waals surface area contributed by atoms with Gasteiger partial charge in [-0.15, -0.1) is 0 Å². The molecule has 1 saturated carbocycles. The van der Waals surface area contributed by atoms with E-state index in [0.717, 1.165) is 12.8 Å². The topological polar surface area (TPSA) is 97.8 Å². The largest absolute Gasteiger partial charge is 0.484 e. The number of carbonyl (C=O) groups excluding carboxylic acids is 1. The van der Waals surface area contributed by atoms with E-state index in [0.29, 0.717) is 17.4 Å². The molecule has 7 heteroatoms. The van der Waals surface area contributed by atoms with Crippen molar-refractivity contribution in [3.8, 4) is 17.4 Å². The zero-order valence-electron chi connectivity index (χ0n) is 13.4. The summed E-state index contributed by atoms with van der Waals surface area (Å²) < 4.78 is 10.9. The van der Waals surface area contributed by atoms with Crippen LogP contribution in [0.1, 0.15) is 12.8 Å². The molecule has 0 spiro atoms. The molecular weight excluding hydrogens is 324 g/mol. The molecule has 1 aliphatic carbocycles. The number of carbonyl (C=O) groups is 2. The maximum atomic E-state index is 11.8. The van der Waals surface area contributed by atoms with Crippen LogP contribution < -0.4 is 14.8 Å². The second-order valence-electron chi connectivity index (χ2n) is 5.75. The minimum Gasteiger partial charge on any atom is -0.484 e. The molecule has 1 unspecified atom stereocenters. The molecule has 1 aliphatic rings. The highest BCUT2D eigenvalue weighted by Gasteiger charge is 2.37. The number of benzene rings is 1. The van der Waals surface area contributed by atoms with E-state index in [1.54, 1.807) is 42.6 Å². The van der Waals surface area contributed by atoms with Crippen LogP contribution in [-0.2, 0) is 9.59 Å². The zero-order valence-corrected chi connectivity index (χ0v) is 13.4. The Morgan fingerprint density at radius 1 is 1.16 bits per heavy atom. The van der Waals surface area contributed by atoms with Gasteiger partial charge in [0.1, 0.15) is 17.5 Å². The third-order valence-electron chi connectivity index (χ3n) is 3.73. The van der Waals surface area contributed by atoms with Crippen molar-refractivity contribution < 1.29 is 24.2 Å². The van der Waals surface area contributed by atoms with Crippen LogP contribution >= 0.6 is 0 Å². The lowest BCUT2D eigenvalue weighted by Gasteiger charge is -2.14. The maximum Gasteiger partial charge on any atom is 0.326 e. The second kappa shape index (κ2) is 7.65. The van der Waals surface area contributed by atoms with E-state index in [2.05, 4.69) is 10.3 Å². The first-order valence-corrected chi connectivity index (χ1v) is 7.96. The van der Waals surface area contributed by atoms with Crippen molar-refractivity contribution >= 4 is 11.9 Å². The van der Waals surface area contributed by atoms with Gasteiger partial charge in [0.2, 0.25) is 5.88 Å². The average Bonchev–Trinajstić information content (AvgIpc) is 3.44. The molecule has 2 aromatic rings. The number of ether oxygens (including phenoxy) is 2. The van der Waals surface area contributed by atoms with Crippen molar-refractivity contribution in [1.82, 2.24) is 10.3 Å². The van der Waals surface area contributed by atoms with E-state index in [1.165, 1.54) is 0 Å². The van der Waals surface area contributed by atoms with Gasteiger partial charge in [-0.2, -0.15) is 0 Å². The molecular formula is C18H18N2O5. The van der Waals surface area contributed by atoms with Gasteiger partial charge in [0.15, 0.2) is 6.61 Å². The van der Waals surface area contributed by atoms with Crippen LogP contribution in [-0.4, -0.2) is 34.6 Å². The lowest BCUT2D eigenvalue weighted by atomic mass is 10.2. The Bertz CT molecular complexity index is 729. The molecule has 1 fully saturated rings. The predicted molar refractivity (Wildman–Crippen MR) is 88.5 cm³/mol. The molecule has 2 N–H and O–H groups in total. The lowest BCUT2D eigenvalue weighted by molar-refractivity contribution is -0.142. The molecule has 3 rings (SSSR count). The van der Waals surface area contributed by atoms with E-state index in [9.17, 15) is 9.59 Å². The number of hydrogen-bond donors (Lipinski definition) is 2. The minimum absolute atomic E-state index is 0.0319. The Hall–Kier alpha value is -3.09. The van der Waals surface area contributed by atoms with Gasteiger partial charge >= 0.3 is 5.97 Å². The van der Waals surface area contributed by atoms with Gasteiger partial charge in [-0.3, -0.25) is 4.79 Å². The monoisotopic (exact) mass is 342 g/mol. The molecule has 0 aliphatic heterocycles. The summed E-state index contributed by atoms with van der Waals surface area (Å²) in [5, 5.41) is 11.6. The molecule has 25 heavy (non-hydrogen) atoms. The third-order valence-corrected chi connectivity index (χ3v) is 3.73. The van der Waals surface area contributed by atoms with Gasteiger partial charge in [-0.25, -0.2) is 9.78 Å². The van der Waals surface area contributed by atoms with Crippen molar-refractivity contribution in [2.24, 2.45) is 5.92 Å². The highest BCUT2D eigenvalue weighted by molar-refractivity contribution is 5.84. The van der Waals surface area contributed by atoms with E-state index in [-0.39, 0.29) is 12.5 Å². The first-order valence-electron chi connectivity index (χ1n) is 7.96. The minimum atomic E-state index is -1.01. The highest BCUT2D eigenvalue weighted by Crippen LogP contribution is 2.32. The van der Waals surface area contributed by atoms with Crippen LogP contribution in [0.4, 0.5) is 0 Å². The number of pyridine rings is 1. The second-order valence-corrected chi connectivity index (χ2v) is 5.75. The van der Waals surface area contributed by atoms with Crippen LogP contribution in [0.15, 0.2) is 48.7 Å². The molecule has 1 atom stereocenters. The molecule has 0 saturated heterocycles.